The van der Waals surface area contributed by atoms with Crippen LogP contribution in [0.1, 0.15) is 28.9 Å². The van der Waals surface area contributed by atoms with Crippen molar-refractivity contribution in [2.24, 2.45) is 0 Å². The molecule has 3 aromatic heterocycles. The van der Waals surface area contributed by atoms with Gasteiger partial charge in [0, 0.05) is 18.3 Å². The van der Waals surface area contributed by atoms with Crippen molar-refractivity contribution in [3.8, 4) is 11.5 Å². The highest BCUT2D eigenvalue weighted by atomic mass is 32.1. The van der Waals surface area contributed by atoms with Crippen molar-refractivity contribution in [1.82, 2.24) is 25.6 Å². The van der Waals surface area contributed by atoms with Gasteiger partial charge in [0.25, 0.3) is 5.91 Å². The van der Waals surface area contributed by atoms with Gasteiger partial charge in [-0.2, -0.15) is 0 Å². The number of hydrogen-bond acceptors (Lipinski definition) is 9. The minimum absolute atomic E-state index is 0.0857. The van der Waals surface area contributed by atoms with Crippen LogP contribution in [0.15, 0.2) is 67.6 Å². The number of nitrogens with one attached hydrogen (secondary N) is 3. The van der Waals surface area contributed by atoms with Crippen LogP contribution in [-0.2, 0) is 0 Å². The molecule has 12 heteroatoms. The fraction of sp³-hybridized carbons (Fsp3) is 0.222. The molecule has 1 aliphatic heterocycles. The number of amides is 3. The monoisotopic (exact) mass is 543 g/mol. The van der Waals surface area contributed by atoms with Crippen LogP contribution in [0.4, 0.5) is 22.1 Å². The summed E-state index contributed by atoms with van der Waals surface area (Å²) in [6.07, 6.45) is 7.66. The number of pyridine rings is 1. The Bertz CT molecular complexity index is 1540. The van der Waals surface area contributed by atoms with Gasteiger partial charge in [-0.05, 0) is 43.5 Å². The number of benzene rings is 1. The van der Waals surface area contributed by atoms with Crippen LogP contribution in [0.5, 0.6) is 11.5 Å². The maximum Gasteiger partial charge on any atom is 0.333 e. The smallest absolute Gasteiger partial charge is 0.333 e. The highest BCUT2D eigenvalue weighted by Gasteiger charge is 2.36. The van der Waals surface area contributed by atoms with Gasteiger partial charge >= 0.3 is 6.03 Å². The van der Waals surface area contributed by atoms with Crippen molar-refractivity contribution in [1.29, 1.82) is 0 Å². The second kappa shape index (κ2) is 10.4. The topological polar surface area (TPSA) is 142 Å². The number of rotatable bonds is 8. The summed E-state index contributed by atoms with van der Waals surface area (Å²) in [6.45, 7) is 3.59. The molecule has 1 saturated carbocycles. The average Bonchev–Trinajstić information content (AvgIpc) is 3.54. The molecule has 3 atom stereocenters. The number of anilines is 3. The molecule has 1 unspecified atom stereocenters. The normalized spacial score (nSPS) is 19.0. The second-order valence-corrected chi connectivity index (χ2v) is 10.2. The standard InChI is InChI=1S/C27H25N7O4S/c1-2-20(35)31-17-9-6-10-18(17)32-24(36)23-22-21-19(11-12-28-25(21)39-23)34(27(37)33-22)26-29-13-16(14-30-26)38-15-7-4-3-5-8-15/h2-5,7-8,11-14,17-18,20,31,35H,1,6,9-10H2,(H,32,36)(H,33,37)/t17-,18-,20?/m1/s1. The molecule has 39 heavy (non-hydrogen) atoms. The van der Waals surface area contributed by atoms with E-state index in [1.54, 1.807) is 12.3 Å². The number of aromatic nitrogens is 3. The van der Waals surface area contributed by atoms with E-state index in [9.17, 15) is 14.7 Å². The van der Waals surface area contributed by atoms with E-state index < -0.39 is 12.3 Å². The van der Waals surface area contributed by atoms with Crippen LogP contribution >= 0.6 is 11.3 Å². The highest BCUT2D eigenvalue weighted by molar-refractivity contribution is 7.21. The van der Waals surface area contributed by atoms with Crippen LogP contribution in [0.25, 0.3) is 10.2 Å². The maximum atomic E-state index is 13.4. The molecular weight excluding hydrogens is 518 g/mol. The Morgan fingerprint density at radius 3 is 2.69 bits per heavy atom. The molecule has 198 valence electrons. The number of aliphatic hydroxyl groups excluding tert-OH is 1. The quantitative estimate of drug-likeness (QED) is 0.190. The zero-order valence-corrected chi connectivity index (χ0v) is 21.5. The number of aliphatic hydroxyl groups is 1. The largest absolute Gasteiger partial charge is 0.454 e. The molecule has 0 radical (unpaired) electrons. The number of carbonyl (C=O) groups is 2. The zero-order valence-electron chi connectivity index (χ0n) is 20.7. The summed E-state index contributed by atoms with van der Waals surface area (Å²) in [6, 6.07) is 10.2. The van der Waals surface area contributed by atoms with Gasteiger partial charge in [0.15, 0.2) is 5.75 Å². The fourth-order valence-corrected chi connectivity index (χ4v) is 5.92. The predicted molar refractivity (Wildman–Crippen MR) is 148 cm³/mol. The van der Waals surface area contributed by atoms with Crippen molar-refractivity contribution in [2.75, 3.05) is 10.2 Å². The number of thiophene rings is 1. The molecule has 4 aromatic rings. The third-order valence-corrected chi connectivity index (χ3v) is 7.78. The summed E-state index contributed by atoms with van der Waals surface area (Å²) in [5.74, 6) is 0.922. The van der Waals surface area contributed by atoms with Gasteiger partial charge in [-0.3, -0.25) is 10.1 Å². The van der Waals surface area contributed by atoms with Gasteiger partial charge in [0.2, 0.25) is 5.95 Å². The first-order chi connectivity index (χ1) is 19.0. The number of urea groups is 1. The lowest BCUT2D eigenvalue weighted by Gasteiger charge is -2.27. The van der Waals surface area contributed by atoms with Crippen molar-refractivity contribution in [3.63, 3.8) is 0 Å². The molecule has 3 amide bonds. The van der Waals surface area contributed by atoms with Crippen LogP contribution in [0, 0.1) is 0 Å². The molecule has 4 heterocycles. The van der Waals surface area contributed by atoms with E-state index in [0.29, 0.717) is 38.0 Å². The summed E-state index contributed by atoms with van der Waals surface area (Å²) in [5, 5.41) is 19.6. The highest BCUT2D eigenvalue weighted by Crippen LogP contribution is 2.45. The second-order valence-electron chi connectivity index (χ2n) is 9.18. The summed E-state index contributed by atoms with van der Waals surface area (Å²) >= 11 is 1.21. The number of ether oxygens (including phenoxy) is 1. The third-order valence-electron chi connectivity index (χ3n) is 6.69. The molecule has 4 N–H and O–H groups in total. The number of carbonyl (C=O) groups excluding carboxylic acids is 2. The van der Waals surface area contributed by atoms with Crippen LogP contribution < -0.4 is 25.6 Å². The first-order valence-corrected chi connectivity index (χ1v) is 13.3. The molecule has 1 fully saturated rings. The lowest BCUT2D eigenvalue weighted by Crippen LogP contribution is -2.49. The van der Waals surface area contributed by atoms with Gasteiger partial charge in [-0.25, -0.2) is 24.6 Å². The zero-order chi connectivity index (χ0) is 26.9. The van der Waals surface area contributed by atoms with Crippen LogP contribution in [-0.4, -0.2) is 50.3 Å². The number of hydrogen-bond donors (Lipinski definition) is 4. The molecule has 11 nitrogen and oxygen atoms in total. The lowest BCUT2D eigenvalue weighted by molar-refractivity contribution is 0.0925. The Labute approximate surface area is 227 Å². The van der Waals surface area contributed by atoms with Crippen LogP contribution in [0.3, 0.4) is 0 Å². The van der Waals surface area contributed by atoms with Gasteiger partial charge < -0.3 is 20.5 Å². The number of nitrogens with zero attached hydrogens (tertiary/aromatic N) is 4. The Morgan fingerprint density at radius 2 is 1.92 bits per heavy atom. The first kappa shape index (κ1) is 24.9. The molecular formula is C27H25N7O4S. The third kappa shape index (κ3) is 4.80. The van der Waals surface area contributed by atoms with E-state index in [-0.39, 0.29) is 23.9 Å². The van der Waals surface area contributed by atoms with E-state index in [4.69, 9.17) is 4.74 Å². The van der Waals surface area contributed by atoms with E-state index in [1.807, 2.05) is 30.3 Å². The Kier molecular flexibility index (Phi) is 6.65. The molecule has 2 aliphatic rings. The van der Waals surface area contributed by atoms with E-state index in [1.165, 1.54) is 34.7 Å². The van der Waals surface area contributed by atoms with Gasteiger partial charge in [0.1, 0.15) is 21.7 Å². The Hall–Kier alpha value is -4.39. The molecule has 0 spiro atoms. The fourth-order valence-electron chi connectivity index (χ4n) is 4.90. The summed E-state index contributed by atoms with van der Waals surface area (Å²) in [5.41, 5.74) is 0.940. The van der Waals surface area contributed by atoms with Crippen LogP contribution in [0.2, 0.25) is 0 Å². The molecule has 0 saturated heterocycles. The Morgan fingerprint density at radius 1 is 1.15 bits per heavy atom. The van der Waals surface area contributed by atoms with Gasteiger partial charge in [-0.1, -0.05) is 24.8 Å². The molecule has 6 rings (SSSR count). The molecule has 1 aromatic carbocycles. The molecule has 1 aliphatic carbocycles. The first-order valence-electron chi connectivity index (χ1n) is 12.5. The van der Waals surface area contributed by atoms with E-state index in [0.717, 1.165) is 19.3 Å². The number of para-hydroxylation sites is 1. The SMILES string of the molecule is C=CC(O)N[C@@H]1CCC[C@H]1NC(=O)c1sc2nccc3c2c1NC(=O)N3c1ncc(Oc2ccccc2)cn1. The Balaban J connectivity index is 1.27. The summed E-state index contributed by atoms with van der Waals surface area (Å²) in [7, 11) is 0. The van der Waals surface area contributed by atoms with Gasteiger partial charge in [-0.15, -0.1) is 11.3 Å². The van der Waals surface area contributed by atoms with Crippen molar-refractivity contribution in [2.45, 2.75) is 37.6 Å². The van der Waals surface area contributed by atoms with Crippen molar-refractivity contribution in [3.05, 3.63) is 72.5 Å². The predicted octanol–water partition coefficient (Wildman–Crippen LogP) is 4.31. The molecule has 0 bridgehead atoms. The minimum Gasteiger partial charge on any atom is -0.454 e. The maximum absolute atomic E-state index is 13.4. The van der Waals surface area contributed by atoms with Crippen molar-refractivity contribution >= 4 is 50.8 Å². The summed E-state index contributed by atoms with van der Waals surface area (Å²) in [4.78, 5) is 42.2. The minimum atomic E-state index is -0.851. The van der Waals surface area contributed by atoms with Crippen molar-refractivity contribution < 1.29 is 19.4 Å². The van der Waals surface area contributed by atoms with Gasteiger partial charge in [0.05, 0.1) is 29.2 Å². The lowest BCUT2D eigenvalue weighted by atomic mass is 10.1. The van der Waals surface area contributed by atoms with E-state index >= 15 is 0 Å². The van der Waals surface area contributed by atoms with E-state index in [2.05, 4.69) is 37.5 Å². The summed E-state index contributed by atoms with van der Waals surface area (Å²) < 4.78 is 5.76. The average molecular weight is 544 g/mol.